The van der Waals surface area contributed by atoms with E-state index >= 15 is 0 Å². The summed E-state index contributed by atoms with van der Waals surface area (Å²) < 4.78 is 0. The summed E-state index contributed by atoms with van der Waals surface area (Å²) in [6, 6.07) is 0. The van der Waals surface area contributed by atoms with Gasteiger partial charge in [-0.05, 0) is 18.4 Å². The number of unbranched alkanes of at least 4 members (excludes halogenated alkanes) is 2. The normalized spacial score (nSPS) is 9.00. The van der Waals surface area contributed by atoms with Gasteiger partial charge in [0.05, 0.1) is 0 Å². The van der Waals surface area contributed by atoms with Gasteiger partial charge >= 0.3 is 0 Å². The molecule has 0 aromatic heterocycles. The molecule has 0 aromatic carbocycles. The average Bonchev–Trinajstić information content (AvgIpc) is 1.89. The molecule has 0 aliphatic carbocycles. The third kappa shape index (κ3) is 5.28. The summed E-state index contributed by atoms with van der Waals surface area (Å²) in [4.78, 5) is 9.87. The molecule has 0 unspecified atom stereocenters. The zero-order valence-corrected chi connectivity index (χ0v) is 5.94. The Bertz CT molecular complexity index is 94.7. The summed E-state index contributed by atoms with van der Waals surface area (Å²) in [5.74, 6) is 0. The van der Waals surface area contributed by atoms with Crippen molar-refractivity contribution in [2.45, 2.75) is 32.6 Å². The Hall–Kier alpha value is -0.590. The van der Waals surface area contributed by atoms with E-state index in [2.05, 4.69) is 13.5 Å². The molecule has 0 aliphatic rings. The molecule has 0 heterocycles. The summed E-state index contributed by atoms with van der Waals surface area (Å²) >= 11 is 0. The second-order valence-electron chi connectivity index (χ2n) is 2.16. The van der Waals surface area contributed by atoms with Crippen molar-refractivity contribution in [3.63, 3.8) is 0 Å². The van der Waals surface area contributed by atoms with Crippen LogP contribution in [0, 0.1) is 0 Å². The molecule has 51 valence electrons. The summed E-state index contributed by atoms with van der Waals surface area (Å²) in [6.45, 7) is 5.65. The lowest BCUT2D eigenvalue weighted by Crippen LogP contribution is -1.81. The quantitative estimate of drug-likeness (QED) is 0.407. The Labute approximate surface area is 56.8 Å². The first kappa shape index (κ1) is 8.41. The number of allylic oxidation sites excluding steroid dienone is 1. The molecule has 0 spiro atoms. The fraction of sp³-hybridized carbons (Fsp3) is 0.625. The van der Waals surface area contributed by atoms with E-state index in [0.717, 1.165) is 12.8 Å². The summed E-state index contributed by atoms with van der Waals surface area (Å²) in [7, 11) is 0. The lowest BCUT2D eigenvalue weighted by molar-refractivity contribution is 0.559. The van der Waals surface area contributed by atoms with E-state index in [4.69, 9.17) is 0 Å². The Morgan fingerprint density at radius 1 is 1.56 bits per heavy atom. The predicted molar refractivity (Wildman–Crippen MR) is 39.0 cm³/mol. The molecule has 0 N–H and O–H groups in total. The van der Waals surface area contributed by atoms with Crippen LogP contribution in [-0.4, -0.2) is 6.29 Å². The zero-order valence-electron chi connectivity index (χ0n) is 5.94. The molecule has 0 fully saturated rings. The second-order valence-corrected chi connectivity index (χ2v) is 2.16. The van der Waals surface area contributed by atoms with E-state index in [1.165, 1.54) is 12.8 Å². The van der Waals surface area contributed by atoms with E-state index in [0.29, 0.717) is 5.57 Å². The molecule has 0 aliphatic heterocycles. The average molecular weight is 125 g/mol. The molecule has 0 aromatic rings. The minimum Gasteiger partial charge on any atom is -0.285 e. The summed E-state index contributed by atoms with van der Waals surface area (Å²) in [6.07, 6.45) is 6.04. The van der Waals surface area contributed by atoms with Crippen LogP contribution in [0.1, 0.15) is 32.6 Å². The van der Waals surface area contributed by atoms with Gasteiger partial charge in [-0.25, -0.2) is 0 Å². The van der Waals surface area contributed by atoms with Crippen LogP contribution >= 0.6 is 0 Å². The maximum atomic E-state index is 9.87. The van der Waals surface area contributed by atoms with Crippen molar-refractivity contribution in [2.24, 2.45) is 0 Å². The molecule has 0 saturated heterocycles. The Balaban J connectivity index is 3.07. The third-order valence-electron chi connectivity index (χ3n) is 1.23. The SMILES string of the molecule is C=C([C]=O)CCCCC. The number of rotatable bonds is 5. The van der Waals surface area contributed by atoms with E-state index < -0.39 is 0 Å². The monoisotopic (exact) mass is 125 g/mol. The van der Waals surface area contributed by atoms with Crippen LogP contribution in [0.15, 0.2) is 12.2 Å². The van der Waals surface area contributed by atoms with Gasteiger partial charge in [-0.1, -0.05) is 26.3 Å². The van der Waals surface area contributed by atoms with Gasteiger partial charge in [0.1, 0.15) is 0 Å². The van der Waals surface area contributed by atoms with Gasteiger partial charge in [-0.3, -0.25) is 4.79 Å². The number of hydrogen-bond acceptors (Lipinski definition) is 1. The molecule has 1 radical (unpaired) electrons. The first-order chi connectivity index (χ1) is 4.31. The van der Waals surface area contributed by atoms with Crippen molar-refractivity contribution >= 4 is 6.29 Å². The summed E-state index contributed by atoms with van der Waals surface area (Å²) in [5, 5.41) is 0. The molecule has 1 heteroatoms. The molecular formula is C8H13O. The fourth-order valence-electron chi connectivity index (χ4n) is 0.639. The number of carbonyl (C=O) groups excluding carboxylic acids is 1. The minimum atomic E-state index is 0.600. The fourth-order valence-corrected chi connectivity index (χ4v) is 0.639. The highest BCUT2D eigenvalue weighted by molar-refractivity contribution is 5.72. The second kappa shape index (κ2) is 5.54. The summed E-state index contributed by atoms with van der Waals surface area (Å²) in [5.41, 5.74) is 0.600. The lowest BCUT2D eigenvalue weighted by Gasteiger charge is -1.93. The number of hydrogen-bond donors (Lipinski definition) is 0. The highest BCUT2D eigenvalue weighted by atomic mass is 16.1. The van der Waals surface area contributed by atoms with E-state index in [-0.39, 0.29) is 0 Å². The first-order valence-corrected chi connectivity index (χ1v) is 3.37. The van der Waals surface area contributed by atoms with Crippen molar-refractivity contribution < 1.29 is 4.79 Å². The van der Waals surface area contributed by atoms with Crippen molar-refractivity contribution in [1.29, 1.82) is 0 Å². The zero-order chi connectivity index (χ0) is 7.11. The molecular weight excluding hydrogens is 112 g/mol. The molecule has 0 saturated carbocycles. The highest BCUT2D eigenvalue weighted by Crippen LogP contribution is 2.03. The van der Waals surface area contributed by atoms with Crippen LogP contribution in [0.5, 0.6) is 0 Å². The third-order valence-corrected chi connectivity index (χ3v) is 1.23. The van der Waals surface area contributed by atoms with Gasteiger partial charge in [-0.15, -0.1) is 0 Å². The standard InChI is InChI=1S/C8H13O/c1-3-4-5-6-8(2)7-9/h2-6H2,1H3. The molecule has 9 heavy (non-hydrogen) atoms. The Morgan fingerprint density at radius 3 is 2.67 bits per heavy atom. The predicted octanol–water partition coefficient (Wildman–Crippen LogP) is 2.23. The van der Waals surface area contributed by atoms with Crippen molar-refractivity contribution in [1.82, 2.24) is 0 Å². The van der Waals surface area contributed by atoms with Gasteiger partial charge < -0.3 is 0 Å². The molecule has 0 atom stereocenters. The first-order valence-electron chi connectivity index (χ1n) is 3.37. The highest BCUT2D eigenvalue weighted by Gasteiger charge is 1.90. The molecule has 0 amide bonds. The largest absolute Gasteiger partial charge is 0.285 e. The van der Waals surface area contributed by atoms with Crippen molar-refractivity contribution in [3.8, 4) is 0 Å². The maximum absolute atomic E-state index is 9.87. The van der Waals surface area contributed by atoms with Crippen molar-refractivity contribution in [3.05, 3.63) is 12.2 Å². The Morgan fingerprint density at radius 2 is 2.22 bits per heavy atom. The van der Waals surface area contributed by atoms with Crippen LogP contribution in [0.4, 0.5) is 0 Å². The lowest BCUT2D eigenvalue weighted by atomic mass is 10.1. The van der Waals surface area contributed by atoms with Gasteiger partial charge in [0.25, 0.3) is 0 Å². The van der Waals surface area contributed by atoms with Crippen molar-refractivity contribution in [2.75, 3.05) is 0 Å². The van der Waals surface area contributed by atoms with E-state index in [1.54, 1.807) is 6.29 Å². The van der Waals surface area contributed by atoms with Gasteiger partial charge in [0.2, 0.25) is 6.29 Å². The van der Waals surface area contributed by atoms with E-state index in [1.807, 2.05) is 0 Å². The maximum Gasteiger partial charge on any atom is 0.228 e. The van der Waals surface area contributed by atoms with Crippen LogP contribution in [0.3, 0.4) is 0 Å². The van der Waals surface area contributed by atoms with Crippen LogP contribution in [-0.2, 0) is 4.79 Å². The molecule has 0 rings (SSSR count). The molecule has 1 nitrogen and oxygen atoms in total. The van der Waals surface area contributed by atoms with Crippen LogP contribution in [0.2, 0.25) is 0 Å². The smallest absolute Gasteiger partial charge is 0.228 e. The topological polar surface area (TPSA) is 17.1 Å². The molecule has 0 bridgehead atoms. The minimum absolute atomic E-state index is 0.600. The van der Waals surface area contributed by atoms with E-state index in [9.17, 15) is 4.79 Å². The van der Waals surface area contributed by atoms with Gasteiger partial charge in [0, 0.05) is 0 Å². The Kier molecular flexibility index (Phi) is 5.18. The van der Waals surface area contributed by atoms with Gasteiger partial charge in [0.15, 0.2) is 0 Å². The van der Waals surface area contributed by atoms with Crippen LogP contribution in [0.25, 0.3) is 0 Å². The van der Waals surface area contributed by atoms with Gasteiger partial charge in [-0.2, -0.15) is 0 Å². The van der Waals surface area contributed by atoms with Crippen LogP contribution < -0.4 is 0 Å².